The Labute approximate surface area is 137 Å². The Morgan fingerprint density at radius 1 is 1.35 bits per heavy atom. The number of anilines is 2. The first-order valence-corrected chi connectivity index (χ1v) is 7.81. The summed E-state index contributed by atoms with van der Waals surface area (Å²) in [6.07, 6.45) is 0. The fraction of sp³-hybridized carbons (Fsp3) is 0.267. The van der Waals surface area contributed by atoms with Crippen LogP contribution in [0.15, 0.2) is 29.6 Å². The van der Waals surface area contributed by atoms with Gasteiger partial charge in [0.05, 0.1) is 17.9 Å². The summed E-state index contributed by atoms with van der Waals surface area (Å²) >= 11 is 1.30. The van der Waals surface area contributed by atoms with Gasteiger partial charge in [0.1, 0.15) is 0 Å². The lowest BCUT2D eigenvalue weighted by Crippen LogP contribution is -2.21. The smallest absolute Gasteiger partial charge is 0.340 e. The Balaban J connectivity index is 1.90. The quantitative estimate of drug-likeness (QED) is 0.665. The van der Waals surface area contributed by atoms with E-state index < -0.39 is 18.5 Å². The predicted octanol–water partition coefficient (Wildman–Crippen LogP) is 1.65. The van der Waals surface area contributed by atoms with E-state index in [-0.39, 0.29) is 6.61 Å². The highest BCUT2D eigenvalue weighted by Gasteiger charge is 2.14. The molecule has 0 aliphatic carbocycles. The standard InChI is InChI=1S/C15H17N3O4S/c1-10-9-23-15(17-10)18-13(20)8-22-14(21)11-4-2-3-5-12(11)16-6-7-19/h2-5,9,16,19H,6-8H2,1H3,(H,17,18,20). The number of aryl methyl sites for hydroxylation is 1. The highest BCUT2D eigenvalue weighted by Crippen LogP contribution is 2.16. The van der Waals surface area contributed by atoms with Gasteiger partial charge in [-0.1, -0.05) is 12.1 Å². The van der Waals surface area contributed by atoms with Crippen LogP contribution >= 0.6 is 11.3 Å². The molecule has 0 unspecified atom stereocenters. The topological polar surface area (TPSA) is 101 Å². The van der Waals surface area contributed by atoms with Crippen molar-refractivity contribution in [3.63, 3.8) is 0 Å². The first-order valence-electron chi connectivity index (χ1n) is 6.93. The predicted molar refractivity (Wildman–Crippen MR) is 87.8 cm³/mol. The number of benzene rings is 1. The lowest BCUT2D eigenvalue weighted by molar-refractivity contribution is -0.119. The van der Waals surface area contributed by atoms with Gasteiger partial charge in [0, 0.05) is 17.6 Å². The molecule has 0 aliphatic heterocycles. The normalized spacial score (nSPS) is 10.2. The number of thiazole rings is 1. The van der Waals surface area contributed by atoms with E-state index in [1.54, 1.807) is 24.3 Å². The molecule has 0 aliphatic rings. The fourth-order valence-corrected chi connectivity index (χ4v) is 2.49. The van der Waals surface area contributed by atoms with Crippen molar-refractivity contribution in [2.75, 3.05) is 30.4 Å². The van der Waals surface area contributed by atoms with Crippen LogP contribution in [0.25, 0.3) is 0 Å². The number of hydrogen-bond acceptors (Lipinski definition) is 7. The first-order chi connectivity index (χ1) is 11.1. The molecule has 1 aromatic heterocycles. The second-order valence-corrected chi connectivity index (χ2v) is 5.47. The number of para-hydroxylation sites is 1. The zero-order valence-electron chi connectivity index (χ0n) is 12.5. The minimum atomic E-state index is -0.614. The van der Waals surface area contributed by atoms with Gasteiger partial charge in [-0.3, -0.25) is 10.1 Å². The number of ether oxygens (including phenoxy) is 1. The second-order valence-electron chi connectivity index (χ2n) is 4.61. The summed E-state index contributed by atoms with van der Waals surface area (Å²) < 4.78 is 5.01. The third kappa shape index (κ3) is 5.04. The van der Waals surface area contributed by atoms with Gasteiger partial charge >= 0.3 is 5.97 Å². The van der Waals surface area contributed by atoms with Crippen LogP contribution in [0.3, 0.4) is 0 Å². The van der Waals surface area contributed by atoms with Gasteiger partial charge in [-0.25, -0.2) is 9.78 Å². The van der Waals surface area contributed by atoms with E-state index in [2.05, 4.69) is 15.6 Å². The first kappa shape index (κ1) is 16.9. The molecule has 2 rings (SSSR count). The van der Waals surface area contributed by atoms with Crippen LogP contribution in [0.2, 0.25) is 0 Å². The van der Waals surface area contributed by atoms with E-state index in [1.807, 2.05) is 12.3 Å². The van der Waals surface area contributed by atoms with Crippen LogP contribution in [0, 0.1) is 6.92 Å². The number of nitrogens with zero attached hydrogens (tertiary/aromatic N) is 1. The molecule has 0 bridgehead atoms. The number of carbonyl (C=O) groups is 2. The summed E-state index contributed by atoms with van der Waals surface area (Å²) in [4.78, 5) is 27.9. The molecule has 0 saturated carbocycles. The van der Waals surface area contributed by atoms with Gasteiger partial charge in [-0.2, -0.15) is 0 Å². The lowest BCUT2D eigenvalue weighted by atomic mass is 10.2. The highest BCUT2D eigenvalue weighted by molar-refractivity contribution is 7.13. The van der Waals surface area contributed by atoms with Crippen LogP contribution in [0.5, 0.6) is 0 Å². The molecular formula is C15H17N3O4S. The summed E-state index contributed by atoms with van der Waals surface area (Å²) in [6.45, 7) is 1.68. The maximum absolute atomic E-state index is 12.1. The molecule has 3 N–H and O–H groups in total. The van der Waals surface area contributed by atoms with Crippen LogP contribution in [0.4, 0.5) is 10.8 Å². The summed E-state index contributed by atoms with van der Waals surface area (Å²) in [6, 6.07) is 6.74. The number of nitrogens with one attached hydrogen (secondary N) is 2. The molecule has 1 amide bonds. The van der Waals surface area contributed by atoms with Crippen molar-refractivity contribution in [3.05, 3.63) is 40.9 Å². The van der Waals surface area contributed by atoms with Crippen molar-refractivity contribution in [1.29, 1.82) is 0 Å². The molecule has 0 fully saturated rings. The van der Waals surface area contributed by atoms with E-state index in [1.165, 1.54) is 11.3 Å². The van der Waals surface area contributed by atoms with Crippen molar-refractivity contribution < 1.29 is 19.4 Å². The van der Waals surface area contributed by atoms with Gasteiger partial charge in [0.25, 0.3) is 5.91 Å². The summed E-state index contributed by atoms with van der Waals surface area (Å²) in [5.74, 6) is -1.06. The van der Waals surface area contributed by atoms with Crippen molar-refractivity contribution in [1.82, 2.24) is 4.98 Å². The number of carbonyl (C=O) groups excluding carboxylic acids is 2. The number of rotatable bonds is 7. The monoisotopic (exact) mass is 335 g/mol. The zero-order chi connectivity index (χ0) is 16.7. The molecule has 0 radical (unpaired) electrons. The van der Waals surface area contributed by atoms with Gasteiger partial charge < -0.3 is 15.2 Å². The van der Waals surface area contributed by atoms with Gasteiger partial charge in [-0.15, -0.1) is 11.3 Å². The maximum Gasteiger partial charge on any atom is 0.340 e. The molecular weight excluding hydrogens is 318 g/mol. The van der Waals surface area contributed by atoms with Crippen molar-refractivity contribution in [2.24, 2.45) is 0 Å². The SMILES string of the molecule is Cc1csc(NC(=O)COC(=O)c2ccccc2NCCO)n1. The number of esters is 1. The molecule has 2 aromatic rings. The molecule has 122 valence electrons. The van der Waals surface area contributed by atoms with E-state index in [4.69, 9.17) is 9.84 Å². The summed E-state index contributed by atoms with van der Waals surface area (Å²) in [5.41, 5.74) is 1.66. The number of aromatic nitrogens is 1. The molecule has 0 saturated heterocycles. The number of aliphatic hydroxyl groups excluding tert-OH is 1. The minimum absolute atomic E-state index is 0.0565. The van der Waals surface area contributed by atoms with E-state index >= 15 is 0 Å². The molecule has 1 aromatic carbocycles. The van der Waals surface area contributed by atoms with E-state index in [0.29, 0.717) is 22.9 Å². The molecule has 23 heavy (non-hydrogen) atoms. The fourth-order valence-electron chi connectivity index (χ4n) is 1.78. The Morgan fingerprint density at radius 2 is 2.13 bits per heavy atom. The van der Waals surface area contributed by atoms with Crippen LogP contribution < -0.4 is 10.6 Å². The van der Waals surface area contributed by atoms with Gasteiger partial charge in [0.15, 0.2) is 11.7 Å². The molecule has 8 heteroatoms. The maximum atomic E-state index is 12.1. The minimum Gasteiger partial charge on any atom is -0.452 e. The van der Waals surface area contributed by atoms with Crippen molar-refractivity contribution >= 4 is 34.0 Å². The summed E-state index contributed by atoms with van der Waals surface area (Å²) in [5, 5.41) is 16.6. The average Bonchev–Trinajstić information content (AvgIpc) is 2.95. The average molecular weight is 335 g/mol. The van der Waals surface area contributed by atoms with Crippen LogP contribution in [-0.2, 0) is 9.53 Å². The van der Waals surface area contributed by atoms with Crippen LogP contribution in [-0.4, -0.2) is 41.7 Å². The highest BCUT2D eigenvalue weighted by atomic mass is 32.1. The van der Waals surface area contributed by atoms with Crippen molar-refractivity contribution in [3.8, 4) is 0 Å². The number of aliphatic hydroxyl groups is 1. The van der Waals surface area contributed by atoms with Gasteiger partial charge in [-0.05, 0) is 19.1 Å². The lowest BCUT2D eigenvalue weighted by Gasteiger charge is -2.10. The number of hydrogen-bond donors (Lipinski definition) is 3. The molecule has 0 atom stereocenters. The number of amides is 1. The van der Waals surface area contributed by atoms with E-state index in [0.717, 1.165) is 5.69 Å². The Kier molecular flexibility index (Phi) is 6.07. The Bertz CT molecular complexity index is 687. The Morgan fingerprint density at radius 3 is 2.83 bits per heavy atom. The van der Waals surface area contributed by atoms with Crippen LogP contribution in [0.1, 0.15) is 16.1 Å². The zero-order valence-corrected chi connectivity index (χ0v) is 13.4. The van der Waals surface area contributed by atoms with E-state index in [9.17, 15) is 9.59 Å². The summed E-state index contributed by atoms with van der Waals surface area (Å²) in [7, 11) is 0. The van der Waals surface area contributed by atoms with Gasteiger partial charge in [0.2, 0.25) is 0 Å². The third-order valence-electron chi connectivity index (χ3n) is 2.77. The molecule has 7 nitrogen and oxygen atoms in total. The molecule has 0 spiro atoms. The largest absolute Gasteiger partial charge is 0.452 e. The second kappa shape index (κ2) is 8.25. The third-order valence-corrected chi connectivity index (χ3v) is 3.65. The van der Waals surface area contributed by atoms with Crippen molar-refractivity contribution in [2.45, 2.75) is 6.92 Å². The Hall–Kier alpha value is -2.45. The molecule has 1 heterocycles.